The van der Waals surface area contributed by atoms with Crippen LogP contribution in [-0.4, -0.2) is 21.5 Å². The van der Waals surface area contributed by atoms with Crippen molar-refractivity contribution in [3.63, 3.8) is 0 Å². The molecule has 0 aromatic heterocycles. The summed E-state index contributed by atoms with van der Waals surface area (Å²) >= 11 is 4.73. The van der Waals surface area contributed by atoms with Crippen molar-refractivity contribution in [2.45, 2.75) is 11.9 Å². The number of hydrogen-bond donors (Lipinski definition) is 0. The first-order valence-corrected chi connectivity index (χ1v) is 13.6. The van der Waals surface area contributed by atoms with Gasteiger partial charge in [0.05, 0.1) is 16.3 Å². The summed E-state index contributed by atoms with van der Waals surface area (Å²) in [6.45, 7) is 1.44. The molecule has 8 nitrogen and oxygen atoms in total. The van der Waals surface area contributed by atoms with E-state index in [1.54, 1.807) is 23.2 Å². The fourth-order valence-corrected chi connectivity index (χ4v) is 6.29. The number of nitro benzene ring substituents is 1. The van der Waals surface area contributed by atoms with Gasteiger partial charge in [-0.1, -0.05) is 82.7 Å². The summed E-state index contributed by atoms with van der Waals surface area (Å²) in [4.78, 5) is 23.2. The molecule has 0 amide bonds. The number of nitrogens with zero attached hydrogens (tertiary/aromatic N) is 5. The summed E-state index contributed by atoms with van der Waals surface area (Å²) in [5.41, 5.74) is 4.12. The van der Waals surface area contributed by atoms with Crippen molar-refractivity contribution in [3.05, 3.63) is 134 Å². The second-order valence-electron chi connectivity index (χ2n) is 8.88. The van der Waals surface area contributed by atoms with E-state index in [1.165, 1.54) is 24.8 Å². The maximum absolute atomic E-state index is 12.8. The lowest BCUT2D eigenvalue weighted by Crippen LogP contribution is -2.54. The van der Waals surface area contributed by atoms with Crippen LogP contribution in [0.2, 0.25) is 0 Å². The minimum absolute atomic E-state index is 0.126. The molecule has 192 valence electrons. The SMILES string of the molecule is CC(=O)C1=NN(c2ccccc2[N+](=O)[O-])[C@]2(S1)c1ccccc1C(c1ccc(Br)cc1)=NN2c1ccccc1. The number of ketones is 1. The summed E-state index contributed by atoms with van der Waals surface area (Å²) in [5, 5.41) is 25.6. The van der Waals surface area contributed by atoms with E-state index >= 15 is 0 Å². The lowest BCUT2D eigenvalue weighted by molar-refractivity contribution is -0.384. The summed E-state index contributed by atoms with van der Waals surface area (Å²) in [7, 11) is 0. The molecule has 10 heteroatoms. The van der Waals surface area contributed by atoms with Gasteiger partial charge in [-0.25, -0.2) is 10.0 Å². The van der Waals surface area contributed by atoms with Gasteiger partial charge in [-0.3, -0.25) is 14.9 Å². The average molecular weight is 598 g/mol. The molecular weight excluding hydrogens is 578 g/mol. The van der Waals surface area contributed by atoms with Crippen LogP contribution in [0.3, 0.4) is 0 Å². The molecular formula is C29H20BrN5O3S. The van der Waals surface area contributed by atoms with Gasteiger partial charge in [0.15, 0.2) is 10.8 Å². The molecule has 6 rings (SSSR count). The summed E-state index contributed by atoms with van der Waals surface area (Å²) in [6, 6.07) is 31.6. The van der Waals surface area contributed by atoms with Gasteiger partial charge in [0, 0.05) is 34.2 Å². The molecule has 0 radical (unpaired) electrons. The standard InChI is InChI=1S/C29H20BrN5O3S/c1-19(36)28-32-34(25-13-7-8-14-26(25)35(37)38)29(39-28)24-12-6-5-11-23(24)27(20-15-17-21(30)18-16-20)31-33(29)22-9-3-2-4-10-22/h2-18H,1H3/t29-/m0/s1. The predicted molar refractivity (Wildman–Crippen MR) is 158 cm³/mol. The number of anilines is 2. The minimum Gasteiger partial charge on any atom is -0.292 e. The topological polar surface area (TPSA) is 91.4 Å². The van der Waals surface area contributed by atoms with Crippen molar-refractivity contribution in [2.75, 3.05) is 10.0 Å². The van der Waals surface area contributed by atoms with Gasteiger partial charge in [-0.05, 0) is 42.1 Å². The molecule has 0 aliphatic carbocycles. The fraction of sp³-hybridized carbons (Fsp3) is 0.0690. The van der Waals surface area contributed by atoms with Gasteiger partial charge in [-0.2, -0.15) is 10.2 Å². The molecule has 1 spiro atoms. The maximum Gasteiger partial charge on any atom is 0.294 e. The molecule has 4 aromatic rings. The molecule has 0 saturated heterocycles. The van der Waals surface area contributed by atoms with Crippen molar-refractivity contribution in [1.82, 2.24) is 0 Å². The number of Topliss-reactive ketones (excluding diaryl/α,β-unsaturated/α-hetero) is 1. The zero-order valence-corrected chi connectivity index (χ0v) is 23.0. The Kier molecular flexibility index (Phi) is 6.28. The molecule has 1 atom stereocenters. The van der Waals surface area contributed by atoms with Crippen LogP contribution in [-0.2, 0) is 9.79 Å². The average Bonchev–Trinajstić information content (AvgIpc) is 3.36. The monoisotopic (exact) mass is 597 g/mol. The molecule has 2 aliphatic rings. The van der Waals surface area contributed by atoms with Crippen LogP contribution in [0.5, 0.6) is 0 Å². The van der Waals surface area contributed by atoms with E-state index in [0.29, 0.717) is 0 Å². The molecule has 2 aliphatic heterocycles. The third-order valence-corrected chi connectivity index (χ3v) is 8.40. The third kappa shape index (κ3) is 4.12. The molecule has 0 unspecified atom stereocenters. The number of rotatable bonds is 5. The Morgan fingerprint density at radius 3 is 2.26 bits per heavy atom. The Balaban J connectivity index is 1.69. The highest BCUT2D eigenvalue weighted by Gasteiger charge is 2.56. The lowest BCUT2D eigenvalue weighted by atomic mass is 9.93. The van der Waals surface area contributed by atoms with E-state index in [0.717, 1.165) is 32.6 Å². The van der Waals surface area contributed by atoms with E-state index in [1.807, 2.05) is 83.9 Å². The highest BCUT2D eigenvalue weighted by molar-refractivity contribution is 9.10. The summed E-state index contributed by atoms with van der Waals surface area (Å²) < 4.78 is 0.945. The van der Waals surface area contributed by atoms with Crippen LogP contribution < -0.4 is 10.0 Å². The largest absolute Gasteiger partial charge is 0.294 e. The molecule has 0 bridgehead atoms. The van der Waals surface area contributed by atoms with Crippen LogP contribution in [0, 0.1) is 10.1 Å². The number of hydrazone groups is 2. The number of hydrogen-bond acceptors (Lipinski definition) is 8. The second kappa shape index (κ2) is 9.79. The maximum atomic E-state index is 12.8. The van der Waals surface area contributed by atoms with Gasteiger partial charge < -0.3 is 0 Å². The molecule has 2 heterocycles. The molecule has 39 heavy (non-hydrogen) atoms. The molecule has 0 saturated carbocycles. The van der Waals surface area contributed by atoms with E-state index in [2.05, 4.69) is 15.9 Å². The summed E-state index contributed by atoms with van der Waals surface area (Å²) in [5.74, 6) is -0.242. The van der Waals surface area contributed by atoms with Gasteiger partial charge in [0.1, 0.15) is 5.69 Å². The van der Waals surface area contributed by atoms with E-state index in [-0.39, 0.29) is 22.2 Å². The highest BCUT2D eigenvalue weighted by Crippen LogP contribution is 2.56. The van der Waals surface area contributed by atoms with Crippen molar-refractivity contribution in [1.29, 1.82) is 0 Å². The Morgan fingerprint density at radius 1 is 0.872 bits per heavy atom. The summed E-state index contributed by atoms with van der Waals surface area (Å²) in [6.07, 6.45) is 0. The van der Waals surface area contributed by atoms with Crippen LogP contribution in [0.15, 0.2) is 118 Å². The Labute approximate surface area is 236 Å². The zero-order valence-electron chi connectivity index (χ0n) is 20.6. The van der Waals surface area contributed by atoms with Crippen molar-refractivity contribution in [2.24, 2.45) is 10.2 Å². The molecule has 0 N–H and O–H groups in total. The van der Waals surface area contributed by atoms with E-state index < -0.39 is 9.92 Å². The number of fused-ring (bicyclic) bond motifs is 2. The van der Waals surface area contributed by atoms with Crippen LogP contribution in [0.25, 0.3) is 0 Å². The number of nitro groups is 1. The smallest absolute Gasteiger partial charge is 0.292 e. The van der Waals surface area contributed by atoms with Gasteiger partial charge in [0.25, 0.3) is 5.69 Å². The van der Waals surface area contributed by atoms with E-state index in [4.69, 9.17) is 10.2 Å². The number of halogens is 1. The van der Waals surface area contributed by atoms with Crippen molar-refractivity contribution in [3.8, 4) is 0 Å². The number of carbonyl (C=O) groups is 1. The quantitative estimate of drug-likeness (QED) is 0.184. The van der Waals surface area contributed by atoms with Gasteiger partial charge in [-0.15, -0.1) is 0 Å². The zero-order chi connectivity index (χ0) is 27.1. The number of thioether (sulfide) groups is 1. The van der Waals surface area contributed by atoms with Crippen LogP contribution in [0.1, 0.15) is 23.6 Å². The van der Waals surface area contributed by atoms with Crippen LogP contribution in [0.4, 0.5) is 17.1 Å². The highest BCUT2D eigenvalue weighted by atomic mass is 79.9. The minimum atomic E-state index is -1.26. The fourth-order valence-electron chi connectivity index (χ4n) is 4.75. The van der Waals surface area contributed by atoms with Crippen LogP contribution >= 0.6 is 27.7 Å². The Bertz CT molecular complexity index is 1680. The molecule has 4 aromatic carbocycles. The first-order chi connectivity index (χ1) is 18.9. The van der Waals surface area contributed by atoms with Crippen molar-refractivity contribution >= 4 is 61.3 Å². The Hall–Kier alpha value is -4.28. The lowest BCUT2D eigenvalue weighted by Gasteiger charge is -2.46. The van der Waals surface area contributed by atoms with Gasteiger partial charge >= 0.3 is 0 Å². The van der Waals surface area contributed by atoms with E-state index in [9.17, 15) is 14.9 Å². The normalized spacial score (nSPS) is 18.0. The predicted octanol–water partition coefficient (Wildman–Crippen LogP) is 6.90. The first-order valence-electron chi connectivity index (χ1n) is 12.0. The molecule has 0 fully saturated rings. The number of benzene rings is 4. The Morgan fingerprint density at radius 2 is 1.54 bits per heavy atom. The van der Waals surface area contributed by atoms with Gasteiger partial charge in [0.2, 0.25) is 4.99 Å². The third-order valence-electron chi connectivity index (χ3n) is 6.46. The van der Waals surface area contributed by atoms with Crippen molar-refractivity contribution < 1.29 is 9.72 Å². The first kappa shape index (κ1) is 25.0. The number of para-hydroxylation sites is 3. The number of carbonyl (C=O) groups excluding carboxylic acids is 1. The second-order valence-corrected chi connectivity index (χ2v) is 11.0.